The molecule has 1 fully saturated rings. The summed E-state index contributed by atoms with van der Waals surface area (Å²) in [5.41, 5.74) is 16.6. The Hall–Kier alpha value is -3.10. The molecule has 1 rings (SSSR count). The summed E-state index contributed by atoms with van der Waals surface area (Å²) in [6.07, 6.45) is 19.1. The normalized spacial score (nSPS) is 16.8. The van der Waals surface area contributed by atoms with Crippen LogP contribution in [-0.4, -0.2) is 89.2 Å². The van der Waals surface area contributed by atoms with Crippen molar-refractivity contribution < 1.29 is 33.9 Å². The maximum absolute atomic E-state index is 13.4. The Labute approximate surface area is 293 Å². The van der Waals surface area contributed by atoms with Gasteiger partial charge in [0.05, 0.1) is 19.1 Å². The lowest BCUT2D eigenvalue weighted by Gasteiger charge is -2.29. The molecule has 5 atom stereocenters. The first kappa shape index (κ1) is 43.9. The number of hydrazine groups is 1. The second-order valence-corrected chi connectivity index (χ2v) is 13.3. The number of carbonyl (C=O) groups is 6. The van der Waals surface area contributed by atoms with Crippen molar-refractivity contribution in [3.63, 3.8) is 0 Å². The molecule has 1 heterocycles. The Morgan fingerprint density at radius 2 is 1.39 bits per heavy atom. The molecule has 1 saturated heterocycles. The van der Waals surface area contributed by atoms with Gasteiger partial charge in [0.1, 0.15) is 24.4 Å². The molecule has 0 aromatic heterocycles. The van der Waals surface area contributed by atoms with Gasteiger partial charge in [-0.3, -0.25) is 29.4 Å². The number of unbranched alkanes of at least 4 members (excludes halogenated alkanes) is 12. The van der Waals surface area contributed by atoms with E-state index in [1.165, 1.54) is 75.5 Å². The summed E-state index contributed by atoms with van der Waals surface area (Å²) in [5, 5.41) is 15.1. The van der Waals surface area contributed by atoms with Gasteiger partial charge in [-0.25, -0.2) is 5.43 Å². The number of likely N-dealkylation sites (tertiary alicyclic amines) is 1. The van der Waals surface area contributed by atoms with E-state index < -0.39 is 60.3 Å². The van der Waals surface area contributed by atoms with E-state index in [2.05, 4.69) is 28.4 Å². The van der Waals surface area contributed by atoms with Crippen molar-refractivity contribution in [3.8, 4) is 0 Å². The van der Waals surface area contributed by atoms with Crippen LogP contribution < -0.4 is 33.0 Å². The summed E-state index contributed by atoms with van der Waals surface area (Å²) in [4.78, 5) is 75.0. The number of nitrogens with two attached hydrogens (primary N) is 2. The van der Waals surface area contributed by atoms with E-state index in [4.69, 9.17) is 11.5 Å². The summed E-state index contributed by atoms with van der Waals surface area (Å²) in [5.74, 6) is -3.29. The number of amides is 5. The van der Waals surface area contributed by atoms with Gasteiger partial charge in [0.25, 0.3) is 0 Å². The number of rotatable bonds is 30. The molecule has 14 heteroatoms. The first-order valence-electron chi connectivity index (χ1n) is 18.6. The lowest BCUT2D eigenvalue weighted by Crippen LogP contribution is -2.60. The lowest BCUT2D eigenvalue weighted by molar-refractivity contribution is -0.143. The molecular weight excluding hydrogens is 630 g/mol. The van der Waals surface area contributed by atoms with Gasteiger partial charge in [0.15, 0.2) is 0 Å². The third-order valence-electron chi connectivity index (χ3n) is 9.16. The second kappa shape index (κ2) is 26.7. The van der Waals surface area contributed by atoms with Crippen LogP contribution >= 0.6 is 0 Å². The minimum absolute atomic E-state index is 0.0289. The van der Waals surface area contributed by atoms with Crippen molar-refractivity contribution >= 4 is 35.8 Å². The van der Waals surface area contributed by atoms with E-state index >= 15 is 0 Å². The number of hydrogen-bond acceptors (Lipinski definition) is 9. The van der Waals surface area contributed by atoms with Crippen LogP contribution in [0.4, 0.5) is 0 Å². The van der Waals surface area contributed by atoms with Crippen molar-refractivity contribution in [2.24, 2.45) is 11.5 Å². The predicted octanol–water partition coefficient (Wildman–Crippen LogP) is 2.00. The number of carbonyl (C=O) groups excluding carboxylic acids is 6. The number of aldehydes is 1. The fraction of sp³-hybridized carbons (Fsp3) is 0.829. The van der Waals surface area contributed by atoms with E-state index in [-0.39, 0.29) is 31.8 Å². The highest BCUT2D eigenvalue weighted by atomic mass is 16.3. The molecule has 1 aliphatic rings. The molecule has 0 aliphatic carbocycles. The molecule has 0 radical (unpaired) electrons. The maximum atomic E-state index is 13.4. The maximum Gasteiger partial charge on any atom is 0.248 e. The molecule has 1 unspecified atom stereocenters. The Bertz CT molecular complexity index is 999. The minimum Gasteiger partial charge on any atom is -0.394 e. The Balaban J connectivity index is 2.56. The Kier molecular flexibility index (Phi) is 24.0. The van der Waals surface area contributed by atoms with Crippen LogP contribution in [0.2, 0.25) is 0 Å². The van der Waals surface area contributed by atoms with Crippen molar-refractivity contribution in [2.45, 2.75) is 172 Å². The van der Waals surface area contributed by atoms with Crippen LogP contribution in [0, 0.1) is 0 Å². The monoisotopic (exact) mass is 695 g/mol. The smallest absolute Gasteiger partial charge is 0.248 e. The zero-order valence-corrected chi connectivity index (χ0v) is 30.0. The number of nitrogens with one attached hydrogen (secondary N) is 4. The third-order valence-corrected chi connectivity index (χ3v) is 9.16. The van der Waals surface area contributed by atoms with E-state index in [1.807, 2.05) is 6.92 Å². The summed E-state index contributed by atoms with van der Waals surface area (Å²) in [6.45, 7) is 3.74. The zero-order chi connectivity index (χ0) is 36.4. The average Bonchev–Trinajstić information content (AvgIpc) is 3.58. The zero-order valence-electron chi connectivity index (χ0n) is 30.0. The van der Waals surface area contributed by atoms with Crippen molar-refractivity contribution in [3.05, 3.63) is 0 Å². The molecule has 282 valence electrons. The Morgan fingerprint density at radius 3 is 1.90 bits per heavy atom. The molecule has 0 spiro atoms. The number of aliphatic hydroxyl groups excluding tert-OH is 1. The van der Waals surface area contributed by atoms with Gasteiger partial charge in [-0.15, -0.1) is 0 Å². The number of aliphatic hydroxyl groups is 1. The molecule has 5 amide bonds. The number of primary amides is 2. The van der Waals surface area contributed by atoms with Crippen molar-refractivity contribution in [1.29, 1.82) is 0 Å². The molecule has 0 bridgehead atoms. The van der Waals surface area contributed by atoms with Crippen LogP contribution in [0.25, 0.3) is 0 Å². The van der Waals surface area contributed by atoms with Crippen LogP contribution in [0.3, 0.4) is 0 Å². The standard InChI is InChI=1S/C35H65N7O7/c1-3-5-6-7-8-9-10-11-12-13-14-15-16-18-26(4-2)40-41-28(23-32(37)46)33(47)39-29(25-44)35(49)42-22-17-19-30(42)34(48)38-27(24-43)20-21-31(36)45/h24,26-30,40-41,44H,3-23,25H2,1-2H3,(H2,36,45)(H2,37,46)(H,38,48)(H,39,47)/t26?,27-,28-,29-,30-/m0/s1. The Morgan fingerprint density at radius 1 is 0.796 bits per heavy atom. The van der Waals surface area contributed by atoms with Gasteiger partial charge < -0.3 is 36.9 Å². The van der Waals surface area contributed by atoms with Gasteiger partial charge in [0, 0.05) is 19.0 Å². The molecule has 0 aromatic rings. The fourth-order valence-electron chi connectivity index (χ4n) is 6.13. The van der Waals surface area contributed by atoms with E-state index in [1.54, 1.807) is 0 Å². The first-order valence-corrected chi connectivity index (χ1v) is 18.6. The highest BCUT2D eigenvalue weighted by Gasteiger charge is 2.38. The highest BCUT2D eigenvalue weighted by molar-refractivity contribution is 5.95. The van der Waals surface area contributed by atoms with E-state index in [0.717, 1.165) is 25.7 Å². The van der Waals surface area contributed by atoms with E-state index in [0.29, 0.717) is 19.1 Å². The quantitative estimate of drug-likeness (QED) is 0.0331. The molecule has 9 N–H and O–H groups in total. The number of hydrogen-bond donors (Lipinski definition) is 7. The molecule has 1 aliphatic heterocycles. The van der Waals surface area contributed by atoms with Crippen LogP contribution in [0.5, 0.6) is 0 Å². The summed E-state index contributed by atoms with van der Waals surface area (Å²) in [6, 6.07) is -4.30. The SMILES string of the molecule is CCCCCCCCCCCCCCCC(CC)NN[C@@H](CC(N)=O)C(=O)N[C@@H](CO)C(=O)N1CCC[C@H]1C(=O)N[C@H](C=O)CCC(N)=O. The molecule has 14 nitrogen and oxygen atoms in total. The van der Waals surface area contributed by atoms with Gasteiger partial charge in [-0.05, 0) is 32.1 Å². The van der Waals surface area contributed by atoms with Crippen molar-refractivity contribution in [1.82, 2.24) is 26.4 Å². The third kappa shape index (κ3) is 19.0. The van der Waals surface area contributed by atoms with Gasteiger partial charge >= 0.3 is 0 Å². The lowest BCUT2D eigenvalue weighted by atomic mass is 10.0. The second-order valence-electron chi connectivity index (χ2n) is 13.3. The van der Waals surface area contributed by atoms with Gasteiger partial charge in [-0.1, -0.05) is 97.3 Å². The fourth-order valence-corrected chi connectivity index (χ4v) is 6.13. The van der Waals surface area contributed by atoms with Crippen LogP contribution in [-0.2, 0) is 28.8 Å². The number of nitrogens with zero attached hydrogens (tertiary/aromatic N) is 1. The molecular formula is C35H65N7O7. The average molecular weight is 696 g/mol. The summed E-state index contributed by atoms with van der Waals surface area (Å²) >= 11 is 0. The topological polar surface area (TPSA) is 226 Å². The minimum atomic E-state index is -1.37. The van der Waals surface area contributed by atoms with E-state index in [9.17, 15) is 33.9 Å². The highest BCUT2D eigenvalue weighted by Crippen LogP contribution is 2.19. The molecule has 49 heavy (non-hydrogen) atoms. The largest absolute Gasteiger partial charge is 0.394 e. The first-order chi connectivity index (χ1) is 23.6. The summed E-state index contributed by atoms with van der Waals surface area (Å²) < 4.78 is 0. The van der Waals surface area contributed by atoms with Gasteiger partial charge in [0.2, 0.25) is 29.5 Å². The summed E-state index contributed by atoms with van der Waals surface area (Å²) in [7, 11) is 0. The van der Waals surface area contributed by atoms with Crippen LogP contribution in [0.15, 0.2) is 0 Å². The predicted molar refractivity (Wildman–Crippen MR) is 188 cm³/mol. The van der Waals surface area contributed by atoms with Crippen molar-refractivity contribution in [2.75, 3.05) is 13.2 Å². The molecule has 0 saturated carbocycles. The molecule has 0 aromatic carbocycles. The van der Waals surface area contributed by atoms with Crippen LogP contribution in [0.1, 0.15) is 142 Å². The van der Waals surface area contributed by atoms with Gasteiger partial charge in [-0.2, -0.15) is 0 Å².